The van der Waals surface area contributed by atoms with Crippen LogP contribution < -0.4 is 15.5 Å². The summed E-state index contributed by atoms with van der Waals surface area (Å²) in [5.41, 5.74) is 7.56. The molecule has 0 unspecified atom stereocenters. The van der Waals surface area contributed by atoms with Crippen molar-refractivity contribution in [2.75, 3.05) is 17.3 Å². The molecule has 1 aliphatic heterocycles. The number of thioether (sulfide) groups is 1. The summed E-state index contributed by atoms with van der Waals surface area (Å²) in [7, 11) is 0. The monoisotopic (exact) mass is 451 g/mol. The second-order valence-electron chi connectivity index (χ2n) is 7.87. The summed E-state index contributed by atoms with van der Waals surface area (Å²) in [4.78, 5) is 13.5. The van der Waals surface area contributed by atoms with Crippen LogP contribution in [0.25, 0.3) is 0 Å². The number of carbonyl (C=O) groups is 1. The molecule has 0 saturated heterocycles. The van der Waals surface area contributed by atoms with Crippen LogP contribution in [0.1, 0.15) is 48.8 Å². The fourth-order valence-electron chi connectivity index (χ4n) is 3.76. The number of ether oxygens (including phenoxy) is 1. The molecule has 4 rings (SSSR count). The Balaban J connectivity index is 1.66. The summed E-state index contributed by atoms with van der Waals surface area (Å²) in [5.74, 6) is 1.62. The molecule has 0 saturated carbocycles. The van der Waals surface area contributed by atoms with Crippen molar-refractivity contribution in [3.63, 3.8) is 0 Å². The van der Waals surface area contributed by atoms with Gasteiger partial charge in [-0.05, 0) is 62.1 Å². The first-order valence-electron chi connectivity index (χ1n) is 11.0. The number of hydrogen-bond acceptors (Lipinski definition) is 6. The fourth-order valence-corrected chi connectivity index (χ4v) is 4.86. The van der Waals surface area contributed by atoms with Crippen molar-refractivity contribution in [1.29, 1.82) is 0 Å². The Morgan fingerprint density at radius 2 is 1.94 bits per heavy atom. The lowest BCUT2D eigenvalue weighted by Crippen LogP contribution is -2.41. The van der Waals surface area contributed by atoms with E-state index in [-0.39, 0.29) is 11.9 Å². The number of carbonyl (C=O) groups excluding carboxylic acids is 1. The molecule has 8 heteroatoms. The zero-order valence-electron chi connectivity index (χ0n) is 18.9. The summed E-state index contributed by atoms with van der Waals surface area (Å²) >= 11 is 1.44. The van der Waals surface area contributed by atoms with Gasteiger partial charge in [0.2, 0.25) is 11.1 Å². The normalized spacial score (nSPS) is 17.4. The minimum absolute atomic E-state index is 0.0682. The Labute approximate surface area is 192 Å². The average Bonchev–Trinajstić information content (AvgIpc) is 3.19. The number of nitrogens with zero attached hydrogens (tertiary/aromatic N) is 3. The molecule has 32 heavy (non-hydrogen) atoms. The molecule has 2 atom stereocenters. The lowest BCUT2D eigenvalue weighted by atomic mass is 10.0. The van der Waals surface area contributed by atoms with Gasteiger partial charge in [0, 0.05) is 12.1 Å². The standard InChI is InChI=1S/C24H29N5O2S/c1-5-8-20-26-27-24-29(20)28-21(17-11-13-18(14-12-17)31-6-2)22(32-24)23(30)25-19-10-7-9-15(3)16(19)4/h7,9-14,21-22,28H,5-6,8H2,1-4H3,(H,25,30)/t21-,22+/m0/s1. The highest BCUT2D eigenvalue weighted by molar-refractivity contribution is 8.00. The summed E-state index contributed by atoms with van der Waals surface area (Å²) in [5, 5.41) is 12.1. The molecule has 1 amide bonds. The molecule has 7 nitrogen and oxygen atoms in total. The summed E-state index contributed by atoms with van der Waals surface area (Å²) in [6.45, 7) is 8.76. The molecular formula is C24H29N5O2S. The molecule has 0 spiro atoms. The van der Waals surface area contributed by atoms with Gasteiger partial charge in [-0.1, -0.05) is 43.0 Å². The van der Waals surface area contributed by atoms with Gasteiger partial charge in [0.05, 0.1) is 12.6 Å². The number of nitrogens with one attached hydrogen (secondary N) is 2. The van der Waals surface area contributed by atoms with Gasteiger partial charge in [-0.15, -0.1) is 10.2 Å². The maximum absolute atomic E-state index is 13.5. The van der Waals surface area contributed by atoms with Crippen molar-refractivity contribution < 1.29 is 9.53 Å². The predicted octanol–water partition coefficient (Wildman–Crippen LogP) is 4.64. The molecule has 168 valence electrons. The van der Waals surface area contributed by atoms with Gasteiger partial charge in [0.15, 0.2) is 5.82 Å². The molecule has 1 aromatic heterocycles. The molecule has 0 fully saturated rings. The van der Waals surface area contributed by atoms with Gasteiger partial charge in [0.25, 0.3) is 0 Å². The lowest BCUT2D eigenvalue weighted by molar-refractivity contribution is -0.116. The van der Waals surface area contributed by atoms with Crippen LogP contribution in [-0.2, 0) is 11.2 Å². The van der Waals surface area contributed by atoms with Crippen LogP contribution in [0.4, 0.5) is 5.69 Å². The molecule has 2 heterocycles. The number of hydrogen-bond donors (Lipinski definition) is 2. The molecule has 0 aliphatic carbocycles. The average molecular weight is 452 g/mol. The molecular weight excluding hydrogens is 422 g/mol. The first-order chi connectivity index (χ1) is 15.5. The number of anilines is 1. The van der Waals surface area contributed by atoms with Crippen LogP contribution in [0.15, 0.2) is 47.6 Å². The zero-order chi connectivity index (χ0) is 22.7. The minimum Gasteiger partial charge on any atom is -0.494 e. The number of aryl methyl sites for hydroxylation is 2. The largest absolute Gasteiger partial charge is 0.494 e. The fraction of sp³-hybridized carbons (Fsp3) is 0.375. The van der Waals surface area contributed by atoms with Crippen molar-refractivity contribution in [3.05, 3.63) is 65.0 Å². The Bertz CT molecular complexity index is 1100. The van der Waals surface area contributed by atoms with E-state index in [1.54, 1.807) is 0 Å². The van der Waals surface area contributed by atoms with E-state index in [9.17, 15) is 4.79 Å². The SMILES string of the molecule is CCCc1nnc2n1N[C@@H](c1ccc(OCC)cc1)[C@H](C(=O)Nc1cccc(C)c1C)S2. The van der Waals surface area contributed by atoms with Crippen LogP contribution in [-0.4, -0.2) is 32.6 Å². The van der Waals surface area contributed by atoms with Gasteiger partial charge in [0.1, 0.15) is 11.0 Å². The van der Waals surface area contributed by atoms with Crippen LogP contribution in [0.3, 0.4) is 0 Å². The van der Waals surface area contributed by atoms with E-state index >= 15 is 0 Å². The number of benzene rings is 2. The third kappa shape index (κ3) is 4.46. The van der Waals surface area contributed by atoms with E-state index in [4.69, 9.17) is 4.74 Å². The van der Waals surface area contributed by atoms with E-state index in [0.717, 1.165) is 46.8 Å². The molecule has 3 aromatic rings. The van der Waals surface area contributed by atoms with Gasteiger partial charge < -0.3 is 15.5 Å². The maximum Gasteiger partial charge on any atom is 0.240 e. The summed E-state index contributed by atoms with van der Waals surface area (Å²) in [6, 6.07) is 13.6. The number of aromatic nitrogens is 3. The van der Waals surface area contributed by atoms with E-state index in [1.807, 2.05) is 67.9 Å². The van der Waals surface area contributed by atoms with Crippen LogP contribution >= 0.6 is 11.8 Å². The van der Waals surface area contributed by atoms with Crippen molar-refractivity contribution in [1.82, 2.24) is 14.9 Å². The van der Waals surface area contributed by atoms with Gasteiger partial charge >= 0.3 is 0 Å². The summed E-state index contributed by atoms with van der Waals surface area (Å²) in [6.07, 6.45) is 1.78. The highest BCUT2D eigenvalue weighted by Crippen LogP contribution is 2.38. The topological polar surface area (TPSA) is 81.1 Å². The van der Waals surface area contributed by atoms with E-state index in [2.05, 4.69) is 27.9 Å². The smallest absolute Gasteiger partial charge is 0.240 e. The Morgan fingerprint density at radius 1 is 1.16 bits per heavy atom. The number of fused-ring (bicyclic) bond motifs is 1. The van der Waals surface area contributed by atoms with Crippen LogP contribution in [0.2, 0.25) is 0 Å². The third-order valence-corrected chi connectivity index (χ3v) is 6.86. The molecule has 1 aliphatic rings. The number of amides is 1. The third-order valence-electron chi connectivity index (χ3n) is 5.65. The number of rotatable bonds is 7. The Morgan fingerprint density at radius 3 is 2.66 bits per heavy atom. The van der Waals surface area contributed by atoms with Crippen LogP contribution in [0.5, 0.6) is 5.75 Å². The lowest BCUT2D eigenvalue weighted by Gasteiger charge is -2.33. The minimum atomic E-state index is -0.418. The van der Waals surface area contributed by atoms with Crippen molar-refractivity contribution >= 4 is 23.4 Å². The Hall–Kier alpha value is -3.00. The molecule has 2 N–H and O–H groups in total. The van der Waals surface area contributed by atoms with E-state index in [0.29, 0.717) is 11.8 Å². The quantitative estimate of drug-likeness (QED) is 0.545. The van der Waals surface area contributed by atoms with E-state index in [1.165, 1.54) is 11.8 Å². The molecule has 2 aromatic carbocycles. The van der Waals surface area contributed by atoms with Crippen LogP contribution in [0, 0.1) is 13.8 Å². The van der Waals surface area contributed by atoms with E-state index < -0.39 is 5.25 Å². The second-order valence-corrected chi connectivity index (χ2v) is 8.98. The first-order valence-corrected chi connectivity index (χ1v) is 11.9. The molecule has 0 radical (unpaired) electrons. The maximum atomic E-state index is 13.5. The van der Waals surface area contributed by atoms with Gasteiger partial charge in [-0.3, -0.25) is 4.79 Å². The van der Waals surface area contributed by atoms with Gasteiger partial charge in [-0.25, -0.2) is 4.68 Å². The highest BCUT2D eigenvalue weighted by Gasteiger charge is 2.38. The van der Waals surface area contributed by atoms with Crippen molar-refractivity contribution in [2.45, 2.75) is 57.0 Å². The summed E-state index contributed by atoms with van der Waals surface area (Å²) < 4.78 is 7.52. The first kappa shape index (κ1) is 22.2. The zero-order valence-corrected chi connectivity index (χ0v) is 19.7. The Kier molecular flexibility index (Phi) is 6.69. The molecule has 0 bridgehead atoms. The van der Waals surface area contributed by atoms with Gasteiger partial charge in [-0.2, -0.15) is 0 Å². The predicted molar refractivity (Wildman–Crippen MR) is 128 cm³/mol. The highest BCUT2D eigenvalue weighted by atomic mass is 32.2. The second kappa shape index (κ2) is 9.65. The van der Waals surface area contributed by atoms with Crippen molar-refractivity contribution in [3.8, 4) is 5.75 Å². The van der Waals surface area contributed by atoms with Crippen molar-refractivity contribution in [2.24, 2.45) is 0 Å².